The molecule has 0 saturated carbocycles. The summed E-state index contributed by atoms with van der Waals surface area (Å²) in [4.78, 5) is 25.9. The number of fused-ring (bicyclic) bond motifs is 3. The Morgan fingerprint density at radius 1 is 0.962 bits per heavy atom. The van der Waals surface area contributed by atoms with E-state index in [0.717, 1.165) is 11.1 Å². The lowest BCUT2D eigenvalue weighted by Crippen LogP contribution is -2.82. The second kappa shape index (κ2) is 5.97. The second-order valence-electron chi connectivity index (χ2n) is 7.86. The van der Waals surface area contributed by atoms with E-state index < -0.39 is 17.0 Å². The number of hydrogen-bond acceptors (Lipinski definition) is 2. The number of amides is 2. The first kappa shape index (κ1) is 16.8. The van der Waals surface area contributed by atoms with E-state index in [-0.39, 0.29) is 17.7 Å². The normalized spacial score (nSPS) is 26.5. The van der Waals surface area contributed by atoms with Crippen molar-refractivity contribution < 1.29 is 9.59 Å². The molecule has 3 fully saturated rings. The average Bonchev–Trinajstić information content (AvgIpc) is 2.64. The zero-order chi connectivity index (χ0) is 18.4. The minimum Gasteiger partial charge on any atom is -0.342 e. The number of nitrogens with one attached hydrogen (secondary N) is 2. The SMILES string of the molecule is CC(C)C[C@]12NC(=O)[C@H](CC1(c1ccccc1)c1ccccc1)NC2=O. The van der Waals surface area contributed by atoms with Crippen LogP contribution in [0.25, 0.3) is 0 Å². The summed E-state index contributed by atoms with van der Waals surface area (Å²) in [6.45, 7) is 4.19. The first-order chi connectivity index (χ1) is 12.5. The summed E-state index contributed by atoms with van der Waals surface area (Å²) in [5.41, 5.74) is 0.578. The van der Waals surface area contributed by atoms with Crippen LogP contribution in [0.5, 0.6) is 0 Å². The lowest BCUT2D eigenvalue weighted by Gasteiger charge is -2.59. The lowest BCUT2D eigenvalue weighted by atomic mass is 9.52. The number of piperazine rings is 1. The van der Waals surface area contributed by atoms with Crippen LogP contribution in [0.4, 0.5) is 0 Å². The summed E-state index contributed by atoms with van der Waals surface area (Å²) in [5.74, 6) is 0.102. The highest BCUT2D eigenvalue weighted by molar-refractivity contribution is 6.04. The minimum absolute atomic E-state index is 0.0743. The molecular formula is C22H24N2O2. The Bertz CT molecular complexity index is 792. The van der Waals surface area contributed by atoms with E-state index in [2.05, 4.69) is 48.7 Å². The topological polar surface area (TPSA) is 58.2 Å². The molecule has 3 saturated heterocycles. The first-order valence-corrected chi connectivity index (χ1v) is 9.24. The van der Waals surface area contributed by atoms with Crippen molar-refractivity contribution >= 4 is 11.8 Å². The highest BCUT2D eigenvalue weighted by Gasteiger charge is 2.66. The van der Waals surface area contributed by atoms with Crippen molar-refractivity contribution in [2.45, 2.75) is 43.7 Å². The molecule has 3 aliphatic heterocycles. The summed E-state index contributed by atoms with van der Waals surface area (Å²) < 4.78 is 0. The van der Waals surface area contributed by atoms with E-state index >= 15 is 0 Å². The summed E-state index contributed by atoms with van der Waals surface area (Å²) in [6.07, 6.45) is 1.16. The smallest absolute Gasteiger partial charge is 0.247 e. The van der Waals surface area contributed by atoms with Crippen LogP contribution < -0.4 is 10.6 Å². The van der Waals surface area contributed by atoms with Gasteiger partial charge in [-0.3, -0.25) is 9.59 Å². The highest BCUT2D eigenvalue weighted by Crippen LogP contribution is 2.52. The molecule has 2 N–H and O–H groups in total. The summed E-state index contributed by atoms with van der Waals surface area (Å²) in [7, 11) is 0. The number of carbonyl (C=O) groups excluding carboxylic acids is 2. The molecule has 3 heterocycles. The van der Waals surface area contributed by atoms with Gasteiger partial charge in [-0.1, -0.05) is 74.5 Å². The molecule has 0 unspecified atom stereocenters. The maximum Gasteiger partial charge on any atom is 0.247 e. The van der Waals surface area contributed by atoms with E-state index in [1.807, 2.05) is 36.4 Å². The molecule has 0 radical (unpaired) electrons. The van der Waals surface area contributed by atoms with Gasteiger partial charge in [0.05, 0.1) is 5.41 Å². The molecule has 2 amide bonds. The number of rotatable bonds is 4. The first-order valence-electron chi connectivity index (χ1n) is 9.24. The molecule has 2 atom stereocenters. The molecule has 5 rings (SSSR count). The summed E-state index contributed by atoms with van der Waals surface area (Å²) in [6, 6.07) is 19.8. The standard InChI is InChI=1S/C22H24N2O2/c1-15(2)13-22-20(26)23-18(19(25)24-22)14-21(22,16-9-5-3-6-10-16)17-11-7-4-8-12-17/h3-12,15,18H,13-14H2,1-2H3,(H,23,26)(H,24,25)/t18-,22+/m0/s1. The molecule has 26 heavy (non-hydrogen) atoms. The van der Waals surface area contributed by atoms with Gasteiger partial charge in [0.2, 0.25) is 11.8 Å². The van der Waals surface area contributed by atoms with Crippen LogP contribution in [0, 0.1) is 5.92 Å². The van der Waals surface area contributed by atoms with E-state index in [4.69, 9.17) is 0 Å². The van der Waals surface area contributed by atoms with E-state index in [9.17, 15) is 9.59 Å². The van der Waals surface area contributed by atoms with Crippen molar-refractivity contribution in [1.82, 2.24) is 10.6 Å². The third kappa shape index (κ3) is 2.21. The number of hydrogen-bond donors (Lipinski definition) is 2. The number of benzene rings is 2. The molecule has 0 aromatic heterocycles. The van der Waals surface area contributed by atoms with Gasteiger partial charge in [0.25, 0.3) is 0 Å². The highest BCUT2D eigenvalue weighted by atomic mass is 16.2. The van der Waals surface area contributed by atoms with Crippen LogP contribution in [0.3, 0.4) is 0 Å². The van der Waals surface area contributed by atoms with Crippen LogP contribution in [-0.2, 0) is 15.0 Å². The van der Waals surface area contributed by atoms with Gasteiger partial charge < -0.3 is 10.6 Å². The van der Waals surface area contributed by atoms with Crippen LogP contribution >= 0.6 is 0 Å². The Morgan fingerprint density at radius 2 is 1.50 bits per heavy atom. The fraction of sp³-hybridized carbons (Fsp3) is 0.364. The zero-order valence-corrected chi connectivity index (χ0v) is 15.2. The van der Waals surface area contributed by atoms with Gasteiger partial charge in [0.1, 0.15) is 11.6 Å². The average molecular weight is 348 g/mol. The molecule has 2 bridgehead atoms. The van der Waals surface area contributed by atoms with Crippen molar-refractivity contribution in [1.29, 1.82) is 0 Å². The summed E-state index contributed by atoms with van der Waals surface area (Å²) >= 11 is 0. The van der Waals surface area contributed by atoms with Gasteiger partial charge in [-0.2, -0.15) is 0 Å². The van der Waals surface area contributed by atoms with Gasteiger partial charge in [0.15, 0.2) is 0 Å². The van der Waals surface area contributed by atoms with Gasteiger partial charge in [-0.15, -0.1) is 0 Å². The molecule has 2 aromatic rings. The quantitative estimate of drug-likeness (QED) is 0.893. The maximum atomic E-state index is 13.3. The fourth-order valence-corrected chi connectivity index (χ4v) is 4.90. The van der Waals surface area contributed by atoms with Gasteiger partial charge in [-0.25, -0.2) is 0 Å². The zero-order valence-electron chi connectivity index (χ0n) is 15.2. The molecule has 4 nitrogen and oxygen atoms in total. The molecular weight excluding hydrogens is 324 g/mol. The van der Waals surface area contributed by atoms with Gasteiger partial charge >= 0.3 is 0 Å². The minimum atomic E-state index is -0.990. The number of piperidine rings is 2. The van der Waals surface area contributed by atoms with Crippen molar-refractivity contribution in [3.63, 3.8) is 0 Å². The Labute approximate surface area is 154 Å². The molecule has 2 aromatic carbocycles. The van der Waals surface area contributed by atoms with Crippen LogP contribution in [0.1, 0.15) is 37.8 Å². The number of carbonyl (C=O) groups is 2. The molecule has 0 spiro atoms. The van der Waals surface area contributed by atoms with Crippen molar-refractivity contribution in [2.24, 2.45) is 5.92 Å². The molecule has 0 aliphatic carbocycles. The predicted molar refractivity (Wildman–Crippen MR) is 101 cm³/mol. The van der Waals surface area contributed by atoms with Gasteiger partial charge in [0, 0.05) is 0 Å². The maximum absolute atomic E-state index is 13.3. The van der Waals surface area contributed by atoms with Crippen molar-refractivity contribution in [3.05, 3.63) is 71.8 Å². The monoisotopic (exact) mass is 348 g/mol. The predicted octanol–water partition coefficient (Wildman–Crippen LogP) is 2.78. The Kier molecular flexibility index (Phi) is 3.87. The Hall–Kier alpha value is -2.62. The van der Waals surface area contributed by atoms with E-state index in [1.54, 1.807) is 0 Å². The van der Waals surface area contributed by atoms with Gasteiger partial charge in [-0.05, 0) is 29.9 Å². The largest absolute Gasteiger partial charge is 0.342 e. The molecule has 3 aliphatic rings. The third-order valence-corrected chi connectivity index (χ3v) is 5.83. The van der Waals surface area contributed by atoms with Crippen molar-refractivity contribution in [2.75, 3.05) is 0 Å². The van der Waals surface area contributed by atoms with Crippen molar-refractivity contribution in [3.8, 4) is 0 Å². The molecule has 134 valence electrons. The Balaban J connectivity index is 2.03. The second-order valence-corrected chi connectivity index (χ2v) is 7.86. The molecule has 4 heteroatoms. The van der Waals surface area contributed by atoms with Crippen LogP contribution in [0.2, 0.25) is 0 Å². The van der Waals surface area contributed by atoms with Crippen LogP contribution in [-0.4, -0.2) is 23.4 Å². The lowest BCUT2D eigenvalue weighted by molar-refractivity contribution is -0.152. The van der Waals surface area contributed by atoms with E-state index in [0.29, 0.717) is 12.8 Å². The summed E-state index contributed by atoms with van der Waals surface area (Å²) in [5, 5.41) is 6.10. The fourth-order valence-electron chi connectivity index (χ4n) is 4.90. The Morgan fingerprint density at radius 3 is 2.00 bits per heavy atom. The van der Waals surface area contributed by atoms with E-state index in [1.165, 1.54) is 0 Å². The van der Waals surface area contributed by atoms with Crippen LogP contribution in [0.15, 0.2) is 60.7 Å². The third-order valence-electron chi connectivity index (χ3n) is 5.83.